The van der Waals surface area contributed by atoms with Crippen molar-refractivity contribution in [3.8, 4) is 5.75 Å². The van der Waals surface area contributed by atoms with Crippen molar-refractivity contribution in [3.05, 3.63) is 29.3 Å². The summed E-state index contributed by atoms with van der Waals surface area (Å²) in [5, 5.41) is 2.89. The highest BCUT2D eigenvalue weighted by Crippen LogP contribution is 2.26. The highest BCUT2D eigenvalue weighted by atomic mass is 16.5. The van der Waals surface area contributed by atoms with E-state index >= 15 is 0 Å². The standard InChI is InChI=1S/C18H26N2O3/c1-5-20(12-16(21)19-18(2,3)4)17(22)11-13-6-7-15-14(10-13)8-9-23-15/h6-7,10H,5,8-9,11-12H2,1-4H3,(H,19,21). The first-order valence-electron chi connectivity index (χ1n) is 8.12. The molecule has 0 aliphatic carbocycles. The van der Waals surface area contributed by atoms with Crippen LogP contribution in [0.1, 0.15) is 38.8 Å². The molecule has 5 heteroatoms. The van der Waals surface area contributed by atoms with Crippen molar-refractivity contribution in [1.82, 2.24) is 10.2 Å². The molecule has 0 unspecified atom stereocenters. The maximum absolute atomic E-state index is 12.5. The van der Waals surface area contributed by atoms with Crippen LogP contribution in [0.15, 0.2) is 18.2 Å². The number of hydrogen-bond donors (Lipinski definition) is 1. The molecule has 0 radical (unpaired) electrons. The first-order chi connectivity index (χ1) is 10.8. The van der Waals surface area contributed by atoms with Crippen molar-refractivity contribution in [2.24, 2.45) is 0 Å². The second-order valence-corrected chi connectivity index (χ2v) is 6.92. The number of ether oxygens (including phenoxy) is 1. The number of fused-ring (bicyclic) bond motifs is 1. The van der Waals surface area contributed by atoms with Crippen LogP contribution >= 0.6 is 0 Å². The maximum Gasteiger partial charge on any atom is 0.240 e. The Morgan fingerprint density at radius 3 is 2.70 bits per heavy atom. The lowest BCUT2D eigenvalue weighted by Gasteiger charge is -2.25. The Morgan fingerprint density at radius 2 is 2.04 bits per heavy atom. The number of nitrogens with zero attached hydrogens (tertiary/aromatic N) is 1. The summed E-state index contributed by atoms with van der Waals surface area (Å²) < 4.78 is 5.48. The van der Waals surface area contributed by atoms with Crippen LogP contribution in [0.4, 0.5) is 0 Å². The largest absolute Gasteiger partial charge is 0.493 e. The summed E-state index contributed by atoms with van der Waals surface area (Å²) in [5.74, 6) is 0.753. The Bertz CT molecular complexity index is 590. The van der Waals surface area contributed by atoms with Crippen molar-refractivity contribution >= 4 is 11.8 Å². The van der Waals surface area contributed by atoms with Gasteiger partial charge in [-0.15, -0.1) is 0 Å². The van der Waals surface area contributed by atoms with Gasteiger partial charge in [-0.1, -0.05) is 12.1 Å². The zero-order chi connectivity index (χ0) is 17.0. The van der Waals surface area contributed by atoms with E-state index in [1.54, 1.807) is 4.90 Å². The topological polar surface area (TPSA) is 58.6 Å². The second-order valence-electron chi connectivity index (χ2n) is 6.92. The molecule has 23 heavy (non-hydrogen) atoms. The van der Waals surface area contributed by atoms with Crippen LogP contribution in [0.5, 0.6) is 5.75 Å². The van der Waals surface area contributed by atoms with Crippen LogP contribution in [0.25, 0.3) is 0 Å². The van der Waals surface area contributed by atoms with Crippen LogP contribution in [0.3, 0.4) is 0 Å². The molecule has 1 aliphatic rings. The molecule has 1 aliphatic heterocycles. The molecular formula is C18H26N2O3. The quantitative estimate of drug-likeness (QED) is 0.902. The molecule has 1 heterocycles. The summed E-state index contributed by atoms with van der Waals surface area (Å²) >= 11 is 0. The van der Waals surface area contributed by atoms with Crippen molar-refractivity contribution in [2.75, 3.05) is 19.7 Å². The fourth-order valence-electron chi connectivity index (χ4n) is 2.64. The van der Waals surface area contributed by atoms with Gasteiger partial charge < -0.3 is 15.0 Å². The number of rotatable bonds is 5. The van der Waals surface area contributed by atoms with E-state index in [9.17, 15) is 9.59 Å². The second kappa shape index (κ2) is 7.02. The van der Waals surface area contributed by atoms with Gasteiger partial charge in [-0.3, -0.25) is 9.59 Å². The molecule has 0 spiro atoms. The van der Waals surface area contributed by atoms with Gasteiger partial charge in [0.25, 0.3) is 0 Å². The lowest BCUT2D eigenvalue weighted by Crippen LogP contribution is -2.47. The summed E-state index contributed by atoms with van der Waals surface area (Å²) in [7, 11) is 0. The van der Waals surface area contributed by atoms with Crippen molar-refractivity contribution in [1.29, 1.82) is 0 Å². The molecule has 5 nitrogen and oxygen atoms in total. The molecule has 2 rings (SSSR count). The van der Waals surface area contributed by atoms with Gasteiger partial charge >= 0.3 is 0 Å². The van der Waals surface area contributed by atoms with E-state index in [2.05, 4.69) is 5.32 Å². The number of carbonyl (C=O) groups excluding carboxylic acids is 2. The Balaban J connectivity index is 1.96. The number of amides is 2. The molecule has 2 amide bonds. The summed E-state index contributed by atoms with van der Waals surface area (Å²) in [5.41, 5.74) is 1.83. The average molecular weight is 318 g/mol. The first-order valence-corrected chi connectivity index (χ1v) is 8.12. The van der Waals surface area contributed by atoms with Crippen LogP contribution in [-0.4, -0.2) is 41.9 Å². The Kier molecular flexibility index (Phi) is 5.29. The molecular weight excluding hydrogens is 292 g/mol. The van der Waals surface area contributed by atoms with Crippen LogP contribution in [0.2, 0.25) is 0 Å². The predicted octanol–water partition coefficient (Wildman–Crippen LogP) is 1.93. The van der Waals surface area contributed by atoms with Crippen molar-refractivity contribution < 1.29 is 14.3 Å². The highest BCUT2D eigenvalue weighted by molar-refractivity contribution is 5.86. The summed E-state index contributed by atoms with van der Waals surface area (Å²) in [4.78, 5) is 26.1. The molecule has 1 N–H and O–H groups in total. The smallest absolute Gasteiger partial charge is 0.240 e. The van der Waals surface area contributed by atoms with Gasteiger partial charge in [0, 0.05) is 18.5 Å². The summed E-state index contributed by atoms with van der Waals surface area (Å²) in [6.45, 7) is 8.99. The zero-order valence-corrected chi connectivity index (χ0v) is 14.4. The number of likely N-dealkylation sites (N-methyl/N-ethyl adjacent to an activating group) is 1. The van der Waals surface area contributed by atoms with Gasteiger partial charge in [-0.2, -0.15) is 0 Å². The third-order valence-corrected chi connectivity index (χ3v) is 3.69. The highest BCUT2D eigenvalue weighted by Gasteiger charge is 2.20. The number of carbonyl (C=O) groups is 2. The first kappa shape index (κ1) is 17.3. The number of benzene rings is 1. The lowest BCUT2D eigenvalue weighted by molar-refractivity contribution is -0.135. The third kappa shape index (κ3) is 4.98. The minimum Gasteiger partial charge on any atom is -0.493 e. The molecule has 0 aromatic heterocycles. The van der Waals surface area contributed by atoms with E-state index in [-0.39, 0.29) is 23.9 Å². The van der Waals surface area contributed by atoms with Crippen LogP contribution in [-0.2, 0) is 22.4 Å². The summed E-state index contributed by atoms with van der Waals surface area (Å²) in [6.07, 6.45) is 1.20. The molecule has 1 aromatic carbocycles. The van der Waals surface area contributed by atoms with E-state index in [0.717, 1.165) is 23.3 Å². The van der Waals surface area contributed by atoms with Crippen LogP contribution < -0.4 is 10.1 Å². The monoisotopic (exact) mass is 318 g/mol. The molecule has 126 valence electrons. The van der Waals surface area contributed by atoms with E-state index in [1.807, 2.05) is 45.9 Å². The maximum atomic E-state index is 12.5. The van der Waals surface area contributed by atoms with Gasteiger partial charge in [0.2, 0.25) is 11.8 Å². The Labute approximate surface area is 138 Å². The molecule has 0 saturated carbocycles. The van der Waals surface area contributed by atoms with Crippen LogP contribution in [0, 0.1) is 0 Å². The molecule has 0 fully saturated rings. The Morgan fingerprint density at radius 1 is 1.30 bits per heavy atom. The number of hydrogen-bond acceptors (Lipinski definition) is 3. The molecule has 0 atom stereocenters. The minimum absolute atomic E-state index is 0.0320. The molecule has 0 saturated heterocycles. The van der Waals surface area contributed by atoms with Crippen molar-refractivity contribution in [3.63, 3.8) is 0 Å². The normalized spacial score (nSPS) is 13.2. The van der Waals surface area contributed by atoms with Gasteiger partial charge in [0.15, 0.2) is 0 Å². The van der Waals surface area contributed by atoms with Gasteiger partial charge in [0.1, 0.15) is 5.75 Å². The lowest BCUT2D eigenvalue weighted by atomic mass is 10.1. The summed E-state index contributed by atoms with van der Waals surface area (Å²) in [6, 6.07) is 5.88. The Hall–Kier alpha value is -2.04. The molecule has 1 aromatic rings. The fraction of sp³-hybridized carbons (Fsp3) is 0.556. The van der Waals surface area contributed by atoms with E-state index in [0.29, 0.717) is 19.6 Å². The van der Waals surface area contributed by atoms with E-state index in [4.69, 9.17) is 4.74 Å². The fourth-order valence-corrected chi connectivity index (χ4v) is 2.64. The minimum atomic E-state index is -0.292. The average Bonchev–Trinajstić information content (AvgIpc) is 2.90. The SMILES string of the molecule is CCN(CC(=O)NC(C)(C)C)C(=O)Cc1ccc2c(c1)CCO2. The van der Waals surface area contributed by atoms with Gasteiger partial charge in [-0.05, 0) is 44.9 Å². The van der Waals surface area contributed by atoms with Gasteiger partial charge in [-0.25, -0.2) is 0 Å². The van der Waals surface area contributed by atoms with E-state index in [1.165, 1.54) is 0 Å². The third-order valence-electron chi connectivity index (χ3n) is 3.69. The predicted molar refractivity (Wildman–Crippen MR) is 89.5 cm³/mol. The van der Waals surface area contributed by atoms with Gasteiger partial charge in [0.05, 0.1) is 19.6 Å². The number of nitrogens with one attached hydrogen (secondary N) is 1. The van der Waals surface area contributed by atoms with E-state index < -0.39 is 0 Å². The van der Waals surface area contributed by atoms with Crippen molar-refractivity contribution in [2.45, 2.75) is 46.1 Å². The molecule has 0 bridgehead atoms. The zero-order valence-electron chi connectivity index (χ0n) is 14.4.